The molecule has 2 N–H and O–H groups in total. The highest BCUT2D eigenvalue weighted by Crippen LogP contribution is 2.27. The zero-order valence-electron chi connectivity index (χ0n) is 10.6. The van der Waals surface area contributed by atoms with Crippen LogP contribution >= 0.6 is 0 Å². The minimum Gasteiger partial charge on any atom is -0.374 e. The first-order valence-electron chi connectivity index (χ1n) is 6.34. The SMILES string of the molecule is CN1CCc2cc(CNCc3cnc[nH]3)ccc21. The van der Waals surface area contributed by atoms with E-state index in [0.717, 1.165) is 25.3 Å². The molecule has 4 heteroatoms. The van der Waals surface area contributed by atoms with Crippen LogP contribution in [0.15, 0.2) is 30.7 Å². The monoisotopic (exact) mass is 242 g/mol. The molecular weight excluding hydrogens is 224 g/mol. The van der Waals surface area contributed by atoms with Crippen LogP contribution in [0.5, 0.6) is 0 Å². The van der Waals surface area contributed by atoms with Crippen LogP contribution in [0.25, 0.3) is 0 Å². The molecule has 1 aliphatic rings. The average molecular weight is 242 g/mol. The van der Waals surface area contributed by atoms with Gasteiger partial charge in [0, 0.05) is 44.3 Å². The van der Waals surface area contributed by atoms with Gasteiger partial charge in [-0.05, 0) is 23.6 Å². The van der Waals surface area contributed by atoms with E-state index in [1.165, 1.54) is 23.2 Å². The molecule has 0 spiro atoms. The number of H-pyrrole nitrogens is 1. The number of fused-ring (bicyclic) bond motifs is 1. The summed E-state index contributed by atoms with van der Waals surface area (Å²) in [6.45, 7) is 2.87. The molecule has 0 aliphatic carbocycles. The van der Waals surface area contributed by atoms with E-state index in [1.807, 2.05) is 6.20 Å². The molecular formula is C14H18N4. The molecule has 2 heterocycles. The third-order valence-electron chi connectivity index (χ3n) is 3.47. The highest BCUT2D eigenvalue weighted by Gasteiger charge is 2.15. The van der Waals surface area contributed by atoms with Crippen molar-refractivity contribution in [2.24, 2.45) is 0 Å². The Hall–Kier alpha value is -1.81. The summed E-state index contributed by atoms with van der Waals surface area (Å²) in [5.41, 5.74) is 5.32. The number of hydrogen-bond donors (Lipinski definition) is 2. The Labute approximate surface area is 107 Å². The largest absolute Gasteiger partial charge is 0.374 e. The molecule has 0 saturated heterocycles. The summed E-state index contributed by atoms with van der Waals surface area (Å²) in [5, 5.41) is 3.42. The second-order valence-corrected chi connectivity index (χ2v) is 4.82. The fourth-order valence-electron chi connectivity index (χ4n) is 2.45. The van der Waals surface area contributed by atoms with E-state index in [9.17, 15) is 0 Å². The van der Waals surface area contributed by atoms with E-state index in [2.05, 4.69) is 45.4 Å². The Morgan fingerprint density at radius 2 is 2.33 bits per heavy atom. The fraction of sp³-hybridized carbons (Fsp3) is 0.357. The van der Waals surface area contributed by atoms with Gasteiger partial charge in [0.25, 0.3) is 0 Å². The first kappa shape index (κ1) is 11.3. The molecule has 18 heavy (non-hydrogen) atoms. The molecule has 1 aromatic carbocycles. The second kappa shape index (κ2) is 4.82. The van der Waals surface area contributed by atoms with Crippen LogP contribution in [-0.2, 0) is 19.5 Å². The lowest BCUT2D eigenvalue weighted by molar-refractivity contribution is 0.682. The van der Waals surface area contributed by atoms with Gasteiger partial charge in [0.2, 0.25) is 0 Å². The van der Waals surface area contributed by atoms with Gasteiger partial charge in [-0.25, -0.2) is 4.98 Å². The maximum atomic E-state index is 4.00. The number of anilines is 1. The summed E-state index contributed by atoms with van der Waals surface area (Å²) in [5.74, 6) is 0. The van der Waals surface area contributed by atoms with Crippen molar-refractivity contribution in [2.75, 3.05) is 18.5 Å². The van der Waals surface area contributed by atoms with E-state index in [4.69, 9.17) is 0 Å². The van der Waals surface area contributed by atoms with Gasteiger partial charge in [0.05, 0.1) is 6.33 Å². The van der Waals surface area contributed by atoms with Crippen molar-refractivity contribution in [3.8, 4) is 0 Å². The molecule has 4 nitrogen and oxygen atoms in total. The van der Waals surface area contributed by atoms with Crippen molar-refractivity contribution in [3.63, 3.8) is 0 Å². The van der Waals surface area contributed by atoms with Crippen LogP contribution < -0.4 is 10.2 Å². The van der Waals surface area contributed by atoms with Crippen LogP contribution in [0.3, 0.4) is 0 Å². The minimum absolute atomic E-state index is 0.830. The lowest BCUT2D eigenvalue weighted by Gasteiger charge is -2.12. The zero-order valence-corrected chi connectivity index (χ0v) is 10.6. The molecule has 0 amide bonds. The molecule has 0 saturated carbocycles. The van der Waals surface area contributed by atoms with Crippen molar-refractivity contribution < 1.29 is 0 Å². The highest BCUT2D eigenvalue weighted by atomic mass is 15.1. The first-order chi connectivity index (χ1) is 8.83. The topological polar surface area (TPSA) is 44.0 Å². The molecule has 0 radical (unpaired) electrons. The van der Waals surface area contributed by atoms with E-state index < -0.39 is 0 Å². The summed E-state index contributed by atoms with van der Waals surface area (Å²) in [7, 11) is 2.15. The number of nitrogens with one attached hydrogen (secondary N) is 2. The summed E-state index contributed by atoms with van der Waals surface area (Å²) in [6.07, 6.45) is 4.73. The number of nitrogens with zero attached hydrogens (tertiary/aromatic N) is 2. The van der Waals surface area contributed by atoms with Crippen LogP contribution in [0.1, 0.15) is 16.8 Å². The summed E-state index contributed by atoms with van der Waals surface area (Å²) in [4.78, 5) is 9.41. The number of rotatable bonds is 4. The van der Waals surface area contributed by atoms with E-state index in [1.54, 1.807) is 6.33 Å². The molecule has 3 rings (SSSR count). The predicted molar refractivity (Wildman–Crippen MR) is 72.5 cm³/mol. The maximum absolute atomic E-state index is 4.00. The maximum Gasteiger partial charge on any atom is 0.0922 e. The predicted octanol–water partition coefficient (Wildman–Crippen LogP) is 1.69. The molecule has 2 aromatic rings. The molecule has 1 aliphatic heterocycles. The van der Waals surface area contributed by atoms with Crippen molar-refractivity contribution in [1.82, 2.24) is 15.3 Å². The molecule has 1 aromatic heterocycles. The Kier molecular flexibility index (Phi) is 3.02. The number of aromatic nitrogens is 2. The standard InChI is InChI=1S/C14H18N4/c1-18-5-4-12-6-11(2-3-14(12)18)7-15-8-13-9-16-10-17-13/h2-3,6,9-10,15H,4-5,7-8H2,1H3,(H,16,17). The minimum atomic E-state index is 0.830. The molecule has 94 valence electrons. The Morgan fingerprint density at radius 1 is 1.39 bits per heavy atom. The number of benzene rings is 1. The van der Waals surface area contributed by atoms with E-state index in [0.29, 0.717) is 0 Å². The molecule has 0 unspecified atom stereocenters. The summed E-state index contributed by atoms with van der Waals surface area (Å²) >= 11 is 0. The van der Waals surface area contributed by atoms with Crippen LogP contribution in [0.2, 0.25) is 0 Å². The molecule has 0 fully saturated rings. The number of imidazole rings is 1. The average Bonchev–Trinajstić information content (AvgIpc) is 3.00. The second-order valence-electron chi connectivity index (χ2n) is 4.82. The van der Waals surface area contributed by atoms with Gasteiger partial charge >= 0.3 is 0 Å². The zero-order chi connectivity index (χ0) is 12.4. The van der Waals surface area contributed by atoms with Gasteiger partial charge in [-0.15, -0.1) is 0 Å². The smallest absolute Gasteiger partial charge is 0.0922 e. The highest BCUT2D eigenvalue weighted by molar-refractivity contribution is 5.58. The normalized spacial score (nSPS) is 13.9. The lowest BCUT2D eigenvalue weighted by atomic mass is 10.1. The van der Waals surface area contributed by atoms with Gasteiger partial charge in [-0.3, -0.25) is 0 Å². The van der Waals surface area contributed by atoms with Gasteiger partial charge < -0.3 is 15.2 Å². The number of hydrogen-bond acceptors (Lipinski definition) is 3. The van der Waals surface area contributed by atoms with Crippen molar-refractivity contribution in [2.45, 2.75) is 19.5 Å². The lowest BCUT2D eigenvalue weighted by Crippen LogP contribution is -2.13. The first-order valence-corrected chi connectivity index (χ1v) is 6.34. The van der Waals surface area contributed by atoms with Crippen molar-refractivity contribution in [1.29, 1.82) is 0 Å². The molecule has 0 bridgehead atoms. The third kappa shape index (κ3) is 2.24. The van der Waals surface area contributed by atoms with Gasteiger partial charge in [0.15, 0.2) is 0 Å². The Balaban J connectivity index is 1.60. The van der Waals surface area contributed by atoms with Gasteiger partial charge in [-0.2, -0.15) is 0 Å². The quantitative estimate of drug-likeness (QED) is 0.857. The van der Waals surface area contributed by atoms with Crippen molar-refractivity contribution in [3.05, 3.63) is 47.5 Å². The van der Waals surface area contributed by atoms with Crippen molar-refractivity contribution >= 4 is 5.69 Å². The van der Waals surface area contributed by atoms with Crippen LogP contribution in [0.4, 0.5) is 5.69 Å². The van der Waals surface area contributed by atoms with Crippen LogP contribution in [-0.4, -0.2) is 23.6 Å². The van der Waals surface area contributed by atoms with E-state index in [-0.39, 0.29) is 0 Å². The summed E-state index contributed by atoms with van der Waals surface area (Å²) < 4.78 is 0. The summed E-state index contributed by atoms with van der Waals surface area (Å²) in [6, 6.07) is 6.76. The van der Waals surface area contributed by atoms with E-state index >= 15 is 0 Å². The van der Waals surface area contributed by atoms with Gasteiger partial charge in [-0.1, -0.05) is 12.1 Å². The Morgan fingerprint density at radius 3 is 3.17 bits per heavy atom. The third-order valence-corrected chi connectivity index (χ3v) is 3.47. The Bertz CT molecular complexity index is 519. The molecule has 0 atom stereocenters. The fourth-order valence-corrected chi connectivity index (χ4v) is 2.45. The van der Waals surface area contributed by atoms with Gasteiger partial charge in [0.1, 0.15) is 0 Å². The number of aromatic amines is 1. The number of likely N-dealkylation sites (N-methyl/N-ethyl adjacent to an activating group) is 1. The van der Waals surface area contributed by atoms with Crippen LogP contribution in [0, 0.1) is 0 Å².